The fourth-order valence-electron chi connectivity index (χ4n) is 0.905. The Morgan fingerprint density at radius 3 is 2.62 bits per heavy atom. The van der Waals surface area contributed by atoms with Crippen molar-refractivity contribution < 1.29 is 19.4 Å². The molecule has 0 aromatic heterocycles. The number of carboxylic acid groups (broad SMARTS) is 1. The van der Waals surface area contributed by atoms with Crippen molar-refractivity contribution in [3.8, 4) is 5.75 Å². The van der Waals surface area contributed by atoms with E-state index in [-0.39, 0.29) is 10.6 Å². The third-order valence-electron chi connectivity index (χ3n) is 1.51. The lowest BCUT2D eigenvalue weighted by atomic mass is 10.2. The van der Waals surface area contributed by atoms with Gasteiger partial charge in [0, 0.05) is 0 Å². The van der Waals surface area contributed by atoms with Gasteiger partial charge in [0.25, 0.3) is 0 Å². The highest BCUT2D eigenvalue weighted by Gasteiger charge is 2.16. The van der Waals surface area contributed by atoms with Crippen molar-refractivity contribution in [3.63, 3.8) is 0 Å². The van der Waals surface area contributed by atoms with Crippen LogP contribution in [0.2, 0.25) is 0 Å². The van der Waals surface area contributed by atoms with Gasteiger partial charge in [0.2, 0.25) is 0 Å². The van der Waals surface area contributed by atoms with E-state index in [1.54, 1.807) is 6.26 Å². The number of carboxylic acids is 1. The van der Waals surface area contributed by atoms with Crippen LogP contribution in [0.4, 0.5) is 4.39 Å². The molecule has 0 aliphatic carbocycles. The molecule has 1 aromatic rings. The van der Waals surface area contributed by atoms with Gasteiger partial charge in [0.15, 0.2) is 5.82 Å². The molecule has 2 N–H and O–H groups in total. The molecule has 13 heavy (non-hydrogen) atoms. The minimum atomic E-state index is -1.34. The second-order valence-electron chi connectivity index (χ2n) is 2.28. The fourth-order valence-corrected chi connectivity index (χ4v) is 1.47. The molecule has 0 spiro atoms. The Morgan fingerprint density at radius 1 is 1.54 bits per heavy atom. The first kappa shape index (κ1) is 9.85. The zero-order chi connectivity index (χ0) is 10.0. The standard InChI is InChI=1S/C8H7FO3S/c1-13-7-5(10)3-2-4(6(7)9)8(11)12/h2-3,10H,1H3,(H,11,12). The van der Waals surface area contributed by atoms with Gasteiger partial charge in [-0.25, -0.2) is 9.18 Å². The Kier molecular flexibility index (Phi) is 2.77. The number of hydrogen-bond acceptors (Lipinski definition) is 3. The third kappa shape index (κ3) is 1.75. The highest BCUT2D eigenvalue weighted by Crippen LogP contribution is 2.31. The van der Waals surface area contributed by atoms with Gasteiger partial charge in [-0.05, 0) is 18.4 Å². The largest absolute Gasteiger partial charge is 0.507 e. The normalized spacial score (nSPS) is 10.0. The van der Waals surface area contributed by atoms with E-state index in [0.717, 1.165) is 17.8 Å². The van der Waals surface area contributed by atoms with Crippen LogP contribution in [-0.4, -0.2) is 22.4 Å². The van der Waals surface area contributed by atoms with E-state index in [0.29, 0.717) is 0 Å². The van der Waals surface area contributed by atoms with Gasteiger partial charge in [-0.3, -0.25) is 0 Å². The van der Waals surface area contributed by atoms with Gasteiger partial charge in [0.05, 0.1) is 10.5 Å². The lowest BCUT2D eigenvalue weighted by Crippen LogP contribution is -2.01. The number of phenols is 1. The number of hydrogen-bond donors (Lipinski definition) is 2. The predicted molar refractivity (Wildman–Crippen MR) is 46.8 cm³/mol. The molecule has 1 aromatic carbocycles. The Morgan fingerprint density at radius 2 is 2.15 bits per heavy atom. The number of rotatable bonds is 2. The van der Waals surface area contributed by atoms with Crippen LogP contribution in [0.5, 0.6) is 5.75 Å². The maximum atomic E-state index is 13.2. The molecule has 5 heteroatoms. The summed E-state index contributed by atoms with van der Waals surface area (Å²) in [7, 11) is 0. The van der Waals surface area contributed by atoms with E-state index in [1.165, 1.54) is 6.07 Å². The smallest absolute Gasteiger partial charge is 0.338 e. The molecule has 0 unspecified atom stereocenters. The van der Waals surface area contributed by atoms with Crippen molar-refractivity contribution in [3.05, 3.63) is 23.5 Å². The third-order valence-corrected chi connectivity index (χ3v) is 2.31. The summed E-state index contributed by atoms with van der Waals surface area (Å²) >= 11 is 0.965. The van der Waals surface area contributed by atoms with Crippen molar-refractivity contribution in [1.29, 1.82) is 0 Å². The van der Waals surface area contributed by atoms with Crippen molar-refractivity contribution in [2.75, 3.05) is 6.26 Å². The number of thioether (sulfide) groups is 1. The van der Waals surface area contributed by atoms with E-state index < -0.39 is 17.3 Å². The van der Waals surface area contributed by atoms with Crippen molar-refractivity contribution >= 4 is 17.7 Å². The van der Waals surface area contributed by atoms with Gasteiger partial charge in [-0.15, -0.1) is 11.8 Å². The summed E-state index contributed by atoms with van der Waals surface area (Å²) in [6.45, 7) is 0. The van der Waals surface area contributed by atoms with Crippen LogP contribution in [0.3, 0.4) is 0 Å². The lowest BCUT2D eigenvalue weighted by molar-refractivity contribution is 0.0691. The first-order chi connectivity index (χ1) is 6.07. The average Bonchev–Trinajstić information content (AvgIpc) is 2.04. The van der Waals surface area contributed by atoms with Crippen molar-refractivity contribution in [2.24, 2.45) is 0 Å². The summed E-state index contributed by atoms with van der Waals surface area (Å²) in [4.78, 5) is 10.4. The van der Waals surface area contributed by atoms with E-state index >= 15 is 0 Å². The number of benzene rings is 1. The van der Waals surface area contributed by atoms with Crippen LogP contribution in [0, 0.1) is 5.82 Å². The van der Waals surface area contributed by atoms with Gasteiger partial charge in [-0.2, -0.15) is 0 Å². The summed E-state index contributed by atoms with van der Waals surface area (Å²) < 4.78 is 13.2. The second-order valence-corrected chi connectivity index (χ2v) is 3.10. The zero-order valence-corrected chi connectivity index (χ0v) is 7.56. The Labute approximate surface area is 78.2 Å². The fraction of sp³-hybridized carbons (Fsp3) is 0.125. The van der Waals surface area contributed by atoms with Crippen LogP contribution >= 0.6 is 11.8 Å². The van der Waals surface area contributed by atoms with Gasteiger partial charge < -0.3 is 10.2 Å². The maximum Gasteiger partial charge on any atom is 0.338 e. The summed E-state index contributed by atoms with van der Waals surface area (Å²) in [5.74, 6) is -2.47. The van der Waals surface area contributed by atoms with Gasteiger partial charge >= 0.3 is 5.97 Å². The summed E-state index contributed by atoms with van der Waals surface area (Å²) in [6, 6.07) is 2.20. The van der Waals surface area contributed by atoms with Crippen molar-refractivity contribution in [2.45, 2.75) is 4.90 Å². The summed E-state index contributed by atoms with van der Waals surface area (Å²) in [5.41, 5.74) is -0.429. The van der Waals surface area contributed by atoms with Crippen LogP contribution in [0.1, 0.15) is 10.4 Å². The van der Waals surface area contributed by atoms with Crippen LogP contribution in [0.15, 0.2) is 17.0 Å². The zero-order valence-electron chi connectivity index (χ0n) is 6.74. The molecule has 70 valence electrons. The molecule has 0 atom stereocenters. The molecule has 3 nitrogen and oxygen atoms in total. The number of halogens is 1. The molecule has 0 aliphatic heterocycles. The highest BCUT2D eigenvalue weighted by molar-refractivity contribution is 7.98. The quantitative estimate of drug-likeness (QED) is 0.719. The first-order valence-corrected chi connectivity index (χ1v) is 4.59. The molecule has 0 amide bonds. The van der Waals surface area contributed by atoms with Crippen LogP contribution in [-0.2, 0) is 0 Å². The molecule has 1 rings (SSSR count). The van der Waals surface area contributed by atoms with E-state index in [9.17, 15) is 9.18 Å². The second kappa shape index (κ2) is 3.66. The van der Waals surface area contributed by atoms with E-state index in [1.807, 2.05) is 0 Å². The molecule has 0 fully saturated rings. The van der Waals surface area contributed by atoms with Gasteiger partial charge in [0.1, 0.15) is 5.75 Å². The van der Waals surface area contributed by atoms with Crippen LogP contribution < -0.4 is 0 Å². The minimum Gasteiger partial charge on any atom is -0.507 e. The summed E-state index contributed by atoms with van der Waals surface area (Å²) in [6.07, 6.45) is 1.56. The molecule has 0 saturated heterocycles. The number of carbonyl (C=O) groups is 1. The van der Waals surface area contributed by atoms with E-state index in [2.05, 4.69) is 0 Å². The van der Waals surface area contributed by atoms with Crippen LogP contribution in [0.25, 0.3) is 0 Å². The monoisotopic (exact) mass is 202 g/mol. The molecule has 0 radical (unpaired) electrons. The number of aromatic carboxylic acids is 1. The average molecular weight is 202 g/mol. The lowest BCUT2D eigenvalue weighted by Gasteiger charge is -2.04. The molecule has 0 saturated carbocycles. The van der Waals surface area contributed by atoms with E-state index in [4.69, 9.17) is 10.2 Å². The number of aromatic hydroxyl groups is 1. The topological polar surface area (TPSA) is 57.5 Å². The molecule has 0 bridgehead atoms. The minimum absolute atomic E-state index is 0.0418. The Balaban J connectivity index is 3.35. The molecule has 0 heterocycles. The molecular formula is C8H7FO3S. The Hall–Kier alpha value is -1.23. The molecular weight excluding hydrogens is 195 g/mol. The highest BCUT2D eigenvalue weighted by atomic mass is 32.2. The first-order valence-electron chi connectivity index (χ1n) is 3.36. The SMILES string of the molecule is CSc1c(O)ccc(C(=O)O)c1F. The molecule has 0 aliphatic rings. The number of phenolic OH excluding ortho intramolecular Hbond substituents is 1. The predicted octanol–water partition coefficient (Wildman–Crippen LogP) is 1.95. The van der Waals surface area contributed by atoms with Gasteiger partial charge in [-0.1, -0.05) is 0 Å². The Bertz CT molecular complexity index is 351. The summed E-state index contributed by atoms with van der Waals surface area (Å²) in [5, 5.41) is 17.7. The van der Waals surface area contributed by atoms with Crippen molar-refractivity contribution in [1.82, 2.24) is 0 Å². The maximum absolute atomic E-state index is 13.2.